The van der Waals surface area contributed by atoms with Crippen LogP contribution >= 0.6 is 0 Å². The molecule has 0 spiro atoms. The summed E-state index contributed by atoms with van der Waals surface area (Å²) in [7, 11) is 0. The second-order valence-corrected chi connectivity index (χ2v) is 7.48. The van der Waals surface area contributed by atoms with E-state index in [2.05, 4.69) is 10.3 Å². The Hall–Kier alpha value is -4.20. The highest BCUT2D eigenvalue weighted by atomic mass is 19.4. The lowest BCUT2D eigenvalue weighted by atomic mass is 10.1. The van der Waals surface area contributed by atoms with Crippen molar-refractivity contribution in [2.75, 3.05) is 0 Å². The lowest BCUT2D eigenvalue weighted by Crippen LogP contribution is -2.12. The highest BCUT2D eigenvalue weighted by Gasteiger charge is 2.32. The van der Waals surface area contributed by atoms with Gasteiger partial charge in [0.2, 0.25) is 0 Å². The number of carbonyl (C=O) groups is 1. The van der Waals surface area contributed by atoms with Crippen molar-refractivity contribution in [3.8, 4) is 5.75 Å². The van der Waals surface area contributed by atoms with E-state index in [1.54, 1.807) is 42.6 Å². The number of hydrogen-bond acceptors (Lipinski definition) is 4. The normalized spacial score (nSPS) is 11.6. The van der Waals surface area contributed by atoms with Gasteiger partial charge < -0.3 is 4.74 Å². The molecular weight excluding hydrogens is 443 g/mol. The number of rotatable bonds is 8. The molecule has 1 heterocycles. The Bertz CT molecular complexity index is 1280. The number of aromatic nitrogens is 3. The zero-order valence-corrected chi connectivity index (χ0v) is 17.9. The van der Waals surface area contributed by atoms with Crippen LogP contribution in [0.5, 0.6) is 5.75 Å². The largest absolute Gasteiger partial charge is 0.487 e. The molecule has 5 nitrogen and oxygen atoms in total. The van der Waals surface area contributed by atoms with E-state index in [9.17, 15) is 18.0 Å². The monoisotopic (exact) mass is 463 g/mol. The van der Waals surface area contributed by atoms with Crippen LogP contribution in [0.2, 0.25) is 0 Å². The number of alkyl halides is 3. The third-order valence-corrected chi connectivity index (χ3v) is 4.99. The Morgan fingerprint density at radius 3 is 2.38 bits per heavy atom. The summed E-state index contributed by atoms with van der Waals surface area (Å²) in [5.41, 5.74) is 1.33. The van der Waals surface area contributed by atoms with Gasteiger partial charge in [-0.3, -0.25) is 4.79 Å². The number of carbonyl (C=O) groups excluding carboxylic acids is 1. The first-order chi connectivity index (χ1) is 16.4. The molecule has 0 unspecified atom stereocenters. The summed E-state index contributed by atoms with van der Waals surface area (Å²) in [4.78, 5) is 12.3. The maximum atomic E-state index is 13.2. The van der Waals surface area contributed by atoms with E-state index in [1.165, 1.54) is 22.9 Å². The van der Waals surface area contributed by atoms with Gasteiger partial charge in [0.15, 0.2) is 5.78 Å². The third kappa shape index (κ3) is 5.98. The van der Waals surface area contributed by atoms with Gasteiger partial charge in [-0.25, -0.2) is 4.68 Å². The van der Waals surface area contributed by atoms with Crippen molar-refractivity contribution in [1.82, 2.24) is 15.0 Å². The molecule has 1 aromatic heterocycles. The summed E-state index contributed by atoms with van der Waals surface area (Å²) in [5, 5.41) is 7.86. The third-order valence-electron chi connectivity index (χ3n) is 4.99. The van der Waals surface area contributed by atoms with Crippen LogP contribution in [0.1, 0.15) is 32.7 Å². The fourth-order valence-corrected chi connectivity index (χ4v) is 3.30. The van der Waals surface area contributed by atoms with E-state index in [4.69, 9.17) is 4.74 Å². The van der Waals surface area contributed by atoms with E-state index in [-0.39, 0.29) is 24.5 Å². The fourth-order valence-electron chi connectivity index (χ4n) is 3.30. The Balaban J connectivity index is 1.33. The van der Waals surface area contributed by atoms with Crippen LogP contribution in [0, 0.1) is 0 Å². The van der Waals surface area contributed by atoms with E-state index in [0.29, 0.717) is 17.0 Å². The van der Waals surface area contributed by atoms with E-state index < -0.39 is 11.7 Å². The van der Waals surface area contributed by atoms with Crippen LogP contribution in [-0.4, -0.2) is 20.8 Å². The van der Waals surface area contributed by atoms with Crippen LogP contribution in [0.3, 0.4) is 0 Å². The van der Waals surface area contributed by atoms with Gasteiger partial charge in [-0.15, -0.1) is 5.10 Å². The summed E-state index contributed by atoms with van der Waals surface area (Å²) < 4.78 is 46.5. The average molecular weight is 463 g/mol. The van der Waals surface area contributed by atoms with Crippen molar-refractivity contribution in [3.05, 3.63) is 119 Å². The lowest BCUT2D eigenvalue weighted by molar-refractivity contribution is -0.138. The molecule has 4 rings (SSSR count). The van der Waals surface area contributed by atoms with Crippen LogP contribution < -0.4 is 4.74 Å². The van der Waals surface area contributed by atoms with Gasteiger partial charge in [0.25, 0.3) is 0 Å². The van der Waals surface area contributed by atoms with Crippen molar-refractivity contribution in [2.24, 2.45) is 0 Å². The first kappa shape index (κ1) is 23.0. The van der Waals surface area contributed by atoms with Crippen molar-refractivity contribution in [1.29, 1.82) is 0 Å². The minimum absolute atomic E-state index is 0.0595. The molecular formula is C26H20F3N3O2. The maximum absolute atomic E-state index is 13.2. The summed E-state index contributed by atoms with van der Waals surface area (Å²) in [5.74, 6) is 0.401. The number of hydrogen-bond donors (Lipinski definition) is 0. The number of benzene rings is 3. The zero-order chi connectivity index (χ0) is 24.0. The molecule has 0 radical (unpaired) electrons. The van der Waals surface area contributed by atoms with Gasteiger partial charge in [0.1, 0.15) is 18.1 Å². The van der Waals surface area contributed by atoms with Crippen molar-refractivity contribution < 1.29 is 22.7 Å². The van der Waals surface area contributed by atoms with E-state index in [0.717, 1.165) is 11.6 Å². The van der Waals surface area contributed by atoms with Crippen molar-refractivity contribution >= 4 is 11.9 Å². The zero-order valence-electron chi connectivity index (χ0n) is 17.9. The molecule has 0 aliphatic carbocycles. The molecule has 4 aromatic rings. The molecule has 34 heavy (non-hydrogen) atoms. The topological polar surface area (TPSA) is 57.0 Å². The molecule has 0 aliphatic rings. The molecule has 0 amide bonds. The van der Waals surface area contributed by atoms with Gasteiger partial charge in [0, 0.05) is 5.56 Å². The second-order valence-electron chi connectivity index (χ2n) is 7.48. The summed E-state index contributed by atoms with van der Waals surface area (Å²) in [6.07, 6.45) is 0.372. The smallest absolute Gasteiger partial charge is 0.416 e. The Kier molecular flexibility index (Phi) is 6.87. The molecule has 0 saturated carbocycles. The van der Waals surface area contributed by atoms with E-state index in [1.807, 2.05) is 30.3 Å². The fraction of sp³-hybridized carbons (Fsp3) is 0.115. The molecule has 0 bridgehead atoms. The van der Waals surface area contributed by atoms with Gasteiger partial charge in [-0.05, 0) is 47.5 Å². The highest BCUT2D eigenvalue weighted by Crippen LogP contribution is 2.32. The first-order valence-corrected chi connectivity index (χ1v) is 10.4. The minimum atomic E-state index is -4.44. The minimum Gasteiger partial charge on any atom is -0.487 e. The first-order valence-electron chi connectivity index (χ1n) is 10.4. The van der Waals surface area contributed by atoms with Gasteiger partial charge >= 0.3 is 6.18 Å². The number of halogens is 3. The molecule has 0 atom stereocenters. The highest BCUT2D eigenvalue weighted by molar-refractivity contribution is 6.06. The van der Waals surface area contributed by atoms with Crippen LogP contribution in [-0.2, 0) is 19.3 Å². The van der Waals surface area contributed by atoms with Crippen molar-refractivity contribution in [2.45, 2.75) is 19.3 Å². The summed E-state index contributed by atoms with van der Waals surface area (Å²) in [6, 6.07) is 21.6. The molecule has 0 N–H and O–H groups in total. The molecule has 0 saturated heterocycles. The maximum Gasteiger partial charge on any atom is 0.416 e. The van der Waals surface area contributed by atoms with Crippen LogP contribution in [0.15, 0.2) is 91.1 Å². The summed E-state index contributed by atoms with van der Waals surface area (Å²) in [6.45, 7) is 0.0259. The predicted octanol–water partition coefficient (Wildman–Crippen LogP) is 5.82. The van der Waals surface area contributed by atoms with Gasteiger partial charge in [-0.1, -0.05) is 59.8 Å². The predicted molar refractivity (Wildman–Crippen MR) is 121 cm³/mol. The Labute approximate surface area is 194 Å². The van der Waals surface area contributed by atoms with Crippen LogP contribution in [0.4, 0.5) is 13.2 Å². The number of nitrogens with zero attached hydrogens (tertiary/aromatic N) is 3. The lowest BCUT2D eigenvalue weighted by Gasteiger charge is -2.12. The Morgan fingerprint density at radius 2 is 1.65 bits per heavy atom. The quantitative estimate of drug-likeness (QED) is 0.244. The molecule has 0 fully saturated rings. The Morgan fingerprint density at radius 1 is 0.941 bits per heavy atom. The molecule has 8 heteroatoms. The van der Waals surface area contributed by atoms with E-state index >= 15 is 0 Å². The summed E-state index contributed by atoms with van der Waals surface area (Å²) >= 11 is 0. The van der Waals surface area contributed by atoms with Crippen LogP contribution in [0.25, 0.3) is 6.08 Å². The molecule has 172 valence electrons. The SMILES string of the molecule is O=C(/C=C/c1ccccc1)c1ccc(OCc2cn(Cc3ccccc3C(F)(F)F)nn2)cc1. The number of ether oxygens (including phenoxy) is 1. The second kappa shape index (κ2) is 10.2. The average Bonchev–Trinajstić information content (AvgIpc) is 3.29. The standard InChI is InChI=1S/C26H20F3N3O2/c27-26(28,29)24-9-5-4-8-21(24)16-32-17-22(30-31-32)18-34-23-13-11-20(12-14-23)25(33)15-10-19-6-2-1-3-7-19/h1-15,17H,16,18H2/b15-10+. The molecule has 3 aromatic carbocycles. The number of allylic oxidation sites excluding steroid dienone is 1. The van der Waals surface area contributed by atoms with Gasteiger partial charge in [0.05, 0.1) is 18.3 Å². The van der Waals surface area contributed by atoms with Crippen molar-refractivity contribution in [3.63, 3.8) is 0 Å². The molecule has 0 aliphatic heterocycles. The van der Waals surface area contributed by atoms with Gasteiger partial charge in [-0.2, -0.15) is 13.2 Å². The number of ketones is 1.